The van der Waals surface area contributed by atoms with Crippen LogP contribution in [-0.4, -0.2) is 11.3 Å². The minimum Gasteiger partial charge on any atom is -0.296 e. The largest absolute Gasteiger partial charge is 0.296 e. The van der Waals surface area contributed by atoms with Crippen LogP contribution >= 0.6 is 34.7 Å². The molecule has 5 heteroatoms. The van der Waals surface area contributed by atoms with E-state index in [4.69, 9.17) is 11.6 Å². The Morgan fingerprint density at radius 1 is 1.38 bits per heavy atom. The molecule has 2 rings (SSSR count). The molecule has 1 heterocycles. The first-order valence-electron chi connectivity index (χ1n) is 4.56. The van der Waals surface area contributed by atoms with Crippen LogP contribution in [-0.2, 0) is 5.75 Å². The van der Waals surface area contributed by atoms with Gasteiger partial charge in [0.15, 0.2) is 10.6 Å². The van der Waals surface area contributed by atoms with E-state index in [-0.39, 0.29) is 0 Å². The molecule has 1 aromatic carbocycles. The molecule has 0 amide bonds. The number of thiazole rings is 1. The third-order valence-corrected chi connectivity index (χ3v) is 4.26. The summed E-state index contributed by atoms with van der Waals surface area (Å²) in [7, 11) is 0. The van der Waals surface area contributed by atoms with Gasteiger partial charge in [-0.25, -0.2) is 4.98 Å². The molecular weight excluding hydrogens is 262 g/mol. The summed E-state index contributed by atoms with van der Waals surface area (Å²) in [6.45, 7) is 0. The van der Waals surface area contributed by atoms with E-state index in [1.54, 1.807) is 17.1 Å². The van der Waals surface area contributed by atoms with Crippen molar-refractivity contribution in [2.24, 2.45) is 0 Å². The maximum Gasteiger partial charge on any atom is 0.169 e. The van der Waals surface area contributed by atoms with Gasteiger partial charge in [-0.05, 0) is 17.7 Å². The highest BCUT2D eigenvalue weighted by molar-refractivity contribution is 8.00. The van der Waals surface area contributed by atoms with E-state index in [1.807, 2.05) is 24.3 Å². The smallest absolute Gasteiger partial charge is 0.169 e. The van der Waals surface area contributed by atoms with Gasteiger partial charge in [0.2, 0.25) is 0 Å². The fourth-order valence-corrected chi connectivity index (χ4v) is 2.97. The number of nitrogens with zero attached hydrogens (tertiary/aromatic N) is 1. The average Bonchev–Trinajstić information content (AvgIpc) is 2.76. The Hall–Kier alpha value is -0.840. The molecule has 0 aliphatic carbocycles. The molecule has 0 saturated heterocycles. The third kappa shape index (κ3) is 3.07. The number of carbonyl (C=O) groups is 1. The van der Waals surface area contributed by atoms with E-state index in [2.05, 4.69) is 4.98 Å². The van der Waals surface area contributed by atoms with Gasteiger partial charge < -0.3 is 0 Å². The molecule has 0 unspecified atom stereocenters. The highest BCUT2D eigenvalue weighted by atomic mass is 35.5. The summed E-state index contributed by atoms with van der Waals surface area (Å²) in [5, 5.41) is 2.50. The van der Waals surface area contributed by atoms with Crippen LogP contribution in [0.3, 0.4) is 0 Å². The second-order valence-corrected chi connectivity index (χ2v) is 5.59. The van der Waals surface area contributed by atoms with Crippen LogP contribution in [0.4, 0.5) is 0 Å². The quantitative estimate of drug-likeness (QED) is 0.623. The topological polar surface area (TPSA) is 30.0 Å². The minimum absolute atomic E-state index is 0.503. The number of hydrogen-bond acceptors (Lipinski definition) is 4. The maximum absolute atomic E-state index is 10.5. The summed E-state index contributed by atoms with van der Waals surface area (Å²) in [4.78, 5) is 14.6. The Morgan fingerprint density at radius 3 is 2.75 bits per heavy atom. The van der Waals surface area contributed by atoms with E-state index in [0.29, 0.717) is 5.69 Å². The first-order valence-corrected chi connectivity index (χ1v) is 6.80. The van der Waals surface area contributed by atoms with Crippen molar-refractivity contribution in [3.05, 3.63) is 45.9 Å². The molecular formula is C11H8ClNOS2. The van der Waals surface area contributed by atoms with Crippen LogP contribution in [0.25, 0.3) is 0 Å². The predicted octanol–water partition coefficient (Wildman–Crippen LogP) is 3.90. The van der Waals surface area contributed by atoms with Gasteiger partial charge in [-0.1, -0.05) is 35.5 Å². The summed E-state index contributed by atoms with van der Waals surface area (Å²) < 4.78 is 0.914. The lowest BCUT2D eigenvalue weighted by Gasteiger charge is -1.98. The van der Waals surface area contributed by atoms with E-state index in [0.717, 1.165) is 21.4 Å². The molecule has 0 atom stereocenters. The summed E-state index contributed by atoms with van der Waals surface area (Å²) in [5.74, 6) is 0.836. The number of thioether (sulfide) groups is 1. The van der Waals surface area contributed by atoms with Gasteiger partial charge in [0, 0.05) is 16.2 Å². The molecule has 0 spiro atoms. The van der Waals surface area contributed by atoms with Crippen molar-refractivity contribution in [3.63, 3.8) is 0 Å². The fourth-order valence-electron chi connectivity index (χ4n) is 1.12. The van der Waals surface area contributed by atoms with Crippen LogP contribution < -0.4 is 0 Å². The van der Waals surface area contributed by atoms with Gasteiger partial charge in [0.05, 0.1) is 0 Å². The van der Waals surface area contributed by atoms with Gasteiger partial charge in [-0.2, -0.15) is 0 Å². The van der Waals surface area contributed by atoms with Gasteiger partial charge in [-0.15, -0.1) is 11.3 Å². The lowest BCUT2D eigenvalue weighted by molar-refractivity contribution is 0.111. The van der Waals surface area contributed by atoms with Crippen molar-refractivity contribution < 1.29 is 4.79 Å². The number of halogens is 1. The number of hydrogen-bond donors (Lipinski definition) is 0. The predicted molar refractivity (Wildman–Crippen MR) is 68.5 cm³/mol. The normalized spacial score (nSPS) is 10.3. The van der Waals surface area contributed by atoms with Crippen LogP contribution in [0, 0.1) is 0 Å². The Bertz CT molecular complexity index is 481. The summed E-state index contributed by atoms with van der Waals surface area (Å²) in [5.41, 5.74) is 1.70. The maximum atomic E-state index is 10.5. The standard InChI is InChI=1S/C11H8ClNOS2/c12-9-3-1-8(2-4-9)6-15-11-13-10(5-14)7-16-11/h1-5,7H,6H2. The van der Waals surface area contributed by atoms with Crippen molar-refractivity contribution in [2.45, 2.75) is 10.1 Å². The van der Waals surface area contributed by atoms with Crippen molar-refractivity contribution in [3.8, 4) is 0 Å². The molecule has 16 heavy (non-hydrogen) atoms. The molecule has 2 nitrogen and oxygen atoms in total. The minimum atomic E-state index is 0.503. The lowest BCUT2D eigenvalue weighted by atomic mass is 10.2. The highest BCUT2D eigenvalue weighted by Gasteiger charge is 2.02. The Balaban J connectivity index is 1.96. The van der Waals surface area contributed by atoms with Crippen molar-refractivity contribution in [1.82, 2.24) is 4.98 Å². The van der Waals surface area contributed by atoms with Gasteiger partial charge in [-0.3, -0.25) is 4.79 Å². The van der Waals surface area contributed by atoms with Crippen LogP contribution in [0.2, 0.25) is 5.02 Å². The number of aldehydes is 1. The average molecular weight is 270 g/mol. The zero-order chi connectivity index (χ0) is 11.4. The van der Waals surface area contributed by atoms with Crippen molar-refractivity contribution in [1.29, 1.82) is 0 Å². The van der Waals surface area contributed by atoms with Crippen molar-refractivity contribution >= 4 is 41.0 Å². The molecule has 0 N–H and O–H groups in total. The first-order chi connectivity index (χ1) is 7.78. The van der Waals surface area contributed by atoms with Gasteiger partial charge in [0.1, 0.15) is 5.69 Å². The second kappa shape index (κ2) is 5.48. The molecule has 82 valence electrons. The molecule has 2 aromatic rings. The fraction of sp³-hybridized carbons (Fsp3) is 0.0909. The number of benzene rings is 1. The first kappa shape index (κ1) is 11.6. The molecule has 0 radical (unpaired) electrons. The third-order valence-electron chi connectivity index (χ3n) is 1.90. The molecule has 1 aromatic heterocycles. The Labute approximate surface area is 107 Å². The van der Waals surface area contributed by atoms with Crippen LogP contribution in [0.5, 0.6) is 0 Å². The summed E-state index contributed by atoms with van der Waals surface area (Å²) in [6, 6.07) is 7.72. The van der Waals surface area contributed by atoms with Gasteiger partial charge in [0.25, 0.3) is 0 Å². The van der Waals surface area contributed by atoms with Gasteiger partial charge >= 0.3 is 0 Å². The highest BCUT2D eigenvalue weighted by Crippen LogP contribution is 2.26. The SMILES string of the molecule is O=Cc1csc(SCc2ccc(Cl)cc2)n1. The summed E-state index contributed by atoms with van der Waals surface area (Å²) >= 11 is 8.91. The molecule has 0 aliphatic heterocycles. The lowest BCUT2D eigenvalue weighted by Crippen LogP contribution is -1.81. The molecule has 0 bridgehead atoms. The Morgan fingerprint density at radius 2 is 2.12 bits per heavy atom. The van der Waals surface area contributed by atoms with E-state index in [1.165, 1.54) is 16.9 Å². The Kier molecular flexibility index (Phi) is 3.98. The number of carbonyl (C=O) groups excluding carboxylic acids is 1. The summed E-state index contributed by atoms with van der Waals surface area (Å²) in [6.07, 6.45) is 0.767. The van der Waals surface area contributed by atoms with Crippen molar-refractivity contribution in [2.75, 3.05) is 0 Å². The van der Waals surface area contributed by atoms with Crippen LogP contribution in [0.15, 0.2) is 34.0 Å². The molecule has 0 aliphatic rings. The molecule has 0 fully saturated rings. The van der Waals surface area contributed by atoms with E-state index < -0.39 is 0 Å². The van der Waals surface area contributed by atoms with Crippen LogP contribution in [0.1, 0.15) is 16.1 Å². The monoisotopic (exact) mass is 269 g/mol. The zero-order valence-electron chi connectivity index (χ0n) is 8.22. The number of aromatic nitrogens is 1. The zero-order valence-corrected chi connectivity index (χ0v) is 10.6. The molecule has 0 saturated carbocycles. The van der Waals surface area contributed by atoms with E-state index in [9.17, 15) is 4.79 Å². The number of rotatable bonds is 4. The van der Waals surface area contributed by atoms with E-state index >= 15 is 0 Å². The second-order valence-electron chi connectivity index (χ2n) is 3.07.